The van der Waals surface area contributed by atoms with Gasteiger partial charge in [-0.3, -0.25) is 19.5 Å². The van der Waals surface area contributed by atoms with Crippen molar-refractivity contribution in [2.75, 3.05) is 51.9 Å². The van der Waals surface area contributed by atoms with E-state index < -0.39 is 0 Å². The predicted molar refractivity (Wildman–Crippen MR) is 114 cm³/mol. The molecule has 0 aromatic heterocycles. The number of anilines is 1. The number of hydrogen-bond donors (Lipinski definition) is 2. The lowest BCUT2D eigenvalue weighted by Crippen LogP contribution is -2.52. The Labute approximate surface area is 172 Å². The number of carbonyl (C=O) groups is 2. The van der Waals surface area contributed by atoms with Crippen LogP contribution >= 0.6 is 0 Å². The molecule has 0 atom stereocenters. The van der Waals surface area contributed by atoms with Crippen molar-refractivity contribution >= 4 is 24.2 Å². The first-order chi connectivity index (χ1) is 13.9. The summed E-state index contributed by atoms with van der Waals surface area (Å²) in [4.78, 5) is 30.7. The molecular formula is C21H32N4O4. The fourth-order valence-electron chi connectivity index (χ4n) is 3.20. The molecule has 2 amide bonds. The van der Waals surface area contributed by atoms with Crippen LogP contribution in [0.2, 0.25) is 0 Å². The molecule has 29 heavy (non-hydrogen) atoms. The molecule has 8 nitrogen and oxygen atoms in total. The monoisotopic (exact) mass is 404 g/mol. The first-order valence-electron chi connectivity index (χ1n) is 9.82. The van der Waals surface area contributed by atoms with Crippen molar-refractivity contribution in [2.24, 2.45) is 4.99 Å². The molecule has 1 aliphatic heterocycles. The minimum Gasteiger partial charge on any atom is -0.385 e. The maximum Gasteiger partial charge on any atom is 0.253 e. The summed E-state index contributed by atoms with van der Waals surface area (Å²) in [5.41, 5.74) is 1.82. The van der Waals surface area contributed by atoms with Crippen LogP contribution in [0, 0.1) is 0 Å². The van der Waals surface area contributed by atoms with Gasteiger partial charge < -0.3 is 20.1 Å². The summed E-state index contributed by atoms with van der Waals surface area (Å²) in [6.45, 7) is 11.5. The second-order valence-corrected chi connectivity index (χ2v) is 7.70. The molecule has 8 heteroatoms. The van der Waals surface area contributed by atoms with Crippen molar-refractivity contribution in [2.45, 2.75) is 32.4 Å². The van der Waals surface area contributed by atoms with Crippen LogP contribution in [-0.4, -0.2) is 75.5 Å². The van der Waals surface area contributed by atoms with Crippen LogP contribution in [0.25, 0.3) is 0 Å². The first-order valence-corrected chi connectivity index (χ1v) is 9.82. The second-order valence-electron chi connectivity index (χ2n) is 7.70. The molecule has 0 aliphatic carbocycles. The van der Waals surface area contributed by atoms with Gasteiger partial charge in [0.25, 0.3) is 5.91 Å². The van der Waals surface area contributed by atoms with E-state index >= 15 is 0 Å². The second kappa shape index (κ2) is 11.0. The lowest BCUT2D eigenvalue weighted by molar-refractivity contribution is -0.114. The third-order valence-electron chi connectivity index (χ3n) is 4.86. The Morgan fingerprint density at radius 2 is 2.17 bits per heavy atom. The number of benzene rings is 1. The summed E-state index contributed by atoms with van der Waals surface area (Å²) < 4.78 is 10.6. The number of nitrogens with zero attached hydrogens (tertiary/aromatic N) is 2. The Kier molecular flexibility index (Phi) is 8.75. The summed E-state index contributed by atoms with van der Waals surface area (Å²) in [5.74, 6) is -0.540. The van der Waals surface area contributed by atoms with Crippen LogP contribution in [0.4, 0.5) is 5.69 Å². The highest BCUT2D eigenvalue weighted by Gasteiger charge is 2.30. The number of aliphatic imine (C=N–C) groups is 1. The van der Waals surface area contributed by atoms with Gasteiger partial charge in [0.1, 0.15) is 6.54 Å². The highest BCUT2D eigenvalue weighted by molar-refractivity contribution is 6.04. The maximum atomic E-state index is 12.8. The van der Waals surface area contributed by atoms with Crippen LogP contribution < -0.4 is 10.6 Å². The molecule has 0 saturated carbocycles. The van der Waals surface area contributed by atoms with Gasteiger partial charge in [-0.05, 0) is 44.7 Å². The third kappa shape index (κ3) is 6.92. The molecule has 1 aromatic carbocycles. The minimum atomic E-state index is -0.310. The van der Waals surface area contributed by atoms with E-state index in [1.807, 2.05) is 12.1 Å². The highest BCUT2D eigenvalue weighted by atomic mass is 16.5. The van der Waals surface area contributed by atoms with Crippen molar-refractivity contribution in [3.8, 4) is 0 Å². The molecule has 160 valence electrons. The molecule has 0 bridgehead atoms. The zero-order valence-corrected chi connectivity index (χ0v) is 17.6. The standard InChI is InChI=1S/C21H32N4O4/c1-21(2)15-29-11-9-25(21)14-16-6-7-18(24-19(26)13-22-3)17(12-16)20(27)23-8-5-10-28-4/h6-7,12H,3,5,8-11,13-15H2,1-2,4H3,(H,23,27)(H,24,26). The van der Waals surface area contributed by atoms with E-state index in [1.54, 1.807) is 13.2 Å². The Morgan fingerprint density at radius 3 is 2.86 bits per heavy atom. The topological polar surface area (TPSA) is 92.3 Å². The van der Waals surface area contributed by atoms with Gasteiger partial charge in [-0.2, -0.15) is 0 Å². The van der Waals surface area contributed by atoms with Gasteiger partial charge >= 0.3 is 0 Å². The quantitative estimate of drug-likeness (QED) is 0.457. The molecule has 1 aliphatic rings. The molecule has 1 aromatic rings. The van der Waals surface area contributed by atoms with Gasteiger partial charge in [-0.15, -0.1) is 0 Å². The van der Waals surface area contributed by atoms with E-state index in [9.17, 15) is 9.59 Å². The largest absolute Gasteiger partial charge is 0.385 e. The Bertz CT molecular complexity index is 721. The van der Waals surface area contributed by atoms with Gasteiger partial charge in [0.15, 0.2) is 0 Å². The molecule has 1 saturated heterocycles. The van der Waals surface area contributed by atoms with E-state index in [0.717, 1.165) is 12.1 Å². The van der Waals surface area contributed by atoms with Gasteiger partial charge in [-0.1, -0.05) is 6.07 Å². The van der Waals surface area contributed by atoms with Gasteiger partial charge in [0.05, 0.1) is 24.5 Å². The van der Waals surface area contributed by atoms with Crippen molar-refractivity contribution in [1.82, 2.24) is 10.2 Å². The van der Waals surface area contributed by atoms with Crippen molar-refractivity contribution in [3.63, 3.8) is 0 Å². The number of nitrogens with one attached hydrogen (secondary N) is 2. The smallest absolute Gasteiger partial charge is 0.253 e. The lowest BCUT2D eigenvalue weighted by Gasteiger charge is -2.42. The van der Waals surface area contributed by atoms with Crippen LogP contribution in [-0.2, 0) is 20.8 Å². The van der Waals surface area contributed by atoms with Crippen molar-refractivity contribution < 1.29 is 19.1 Å². The van der Waals surface area contributed by atoms with Gasteiger partial charge in [-0.25, -0.2) is 0 Å². The highest BCUT2D eigenvalue weighted by Crippen LogP contribution is 2.24. The maximum absolute atomic E-state index is 12.8. The predicted octanol–water partition coefficient (Wildman–Crippen LogP) is 1.70. The number of amides is 2. The van der Waals surface area contributed by atoms with Crippen LogP contribution in [0.5, 0.6) is 0 Å². The van der Waals surface area contributed by atoms with Crippen molar-refractivity contribution in [1.29, 1.82) is 0 Å². The summed E-state index contributed by atoms with van der Waals surface area (Å²) in [5, 5.41) is 5.64. The molecule has 1 fully saturated rings. The lowest BCUT2D eigenvalue weighted by atomic mass is 10.00. The normalized spacial score (nSPS) is 16.2. The molecule has 2 rings (SSSR count). The average molecular weight is 405 g/mol. The average Bonchev–Trinajstić information content (AvgIpc) is 2.68. The Morgan fingerprint density at radius 1 is 1.38 bits per heavy atom. The third-order valence-corrected chi connectivity index (χ3v) is 4.86. The molecule has 0 unspecified atom stereocenters. The fourth-order valence-corrected chi connectivity index (χ4v) is 3.20. The first kappa shape index (κ1) is 23.0. The van der Waals surface area contributed by atoms with Crippen LogP contribution in [0.1, 0.15) is 36.2 Å². The summed E-state index contributed by atoms with van der Waals surface area (Å²) in [6.07, 6.45) is 0.714. The SMILES string of the molecule is C=NCC(=O)Nc1ccc(CN2CCOCC2(C)C)cc1C(=O)NCCCOC. The molecule has 0 spiro atoms. The van der Waals surface area contributed by atoms with Gasteiger partial charge in [0, 0.05) is 38.9 Å². The van der Waals surface area contributed by atoms with E-state index in [2.05, 4.69) is 41.1 Å². The summed E-state index contributed by atoms with van der Waals surface area (Å²) >= 11 is 0. The van der Waals surface area contributed by atoms with Gasteiger partial charge in [0.2, 0.25) is 5.91 Å². The number of ether oxygens (including phenoxy) is 2. The fraction of sp³-hybridized carbons (Fsp3) is 0.571. The summed E-state index contributed by atoms with van der Waals surface area (Å²) in [7, 11) is 1.62. The molecule has 2 N–H and O–H groups in total. The van der Waals surface area contributed by atoms with Crippen LogP contribution in [0.15, 0.2) is 23.2 Å². The zero-order chi connectivity index (χ0) is 21.3. The van der Waals surface area contributed by atoms with E-state index in [4.69, 9.17) is 9.47 Å². The Hall–Kier alpha value is -2.29. The molecule has 0 radical (unpaired) electrons. The minimum absolute atomic E-state index is 0.0569. The Balaban J connectivity index is 2.19. The number of rotatable bonds is 10. The van der Waals surface area contributed by atoms with Crippen molar-refractivity contribution in [3.05, 3.63) is 29.3 Å². The number of hydrogen-bond acceptors (Lipinski definition) is 6. The van der Waals surface area contributed by atoms with E-state index in [1.165, 1.54) is 0 Å². The van der Waals surface area contributed by atoms with E-state index in [0.29, 0.717) is 50.6 Å². The number of carbonyl (C=O) groups excluding carboxylic acids is 2. The van der Waals surface area contributed by atoms with E-state index in [-0.39, 0.29) is 23.9 Å². The zero-order valence-electron chi connectivity index (χ0n) is 17.6. The summed E-state index contributed by atoms with van der Waals surface area (Å²) in [6, 6.07) is 5.55. The number of morpholine rings is 1. The van der Waals surface area contributed by atoms with Crippen LogP contribution in [0.3, 0.4) is 0 Å². The molecular weight excluding hydrogens is 372 g/mol. The number of methoxy groups -OCH3 is 1. The molecule has 1 heterocycles.